The van der Waals surface area contributed by atoms with Crippen LogP contribution in [0.15, 0.2) is 47.0 Å². The topological polar surface area (TPSA) is 110 Å². The van der Waals surface area contributed by atoms with Crippen molar-refractivity contribution >= 4 is 46.4 Å². The van der Waals surface area contributed by atoms with E-state index in [-0.39, 0.29) is 43.0 Å². The van der Waals surface area contributed by atoms with Crippen LogP contribution in [0.3, 0.4) is 0 Å². The Bertz CT molecular complexity index is 1090. The minimum Gasteiger partial charge on any atom is -0.495 e. The van der Waals surface area contributed by atoms with Crippen LogP contribution in [0.2, 0.25) is 10.0 Å². The van der Waals surface area contributed by atoms with Gasteiger partial charge < -0.3 is 19.9 Å². The molecule has 0 aliphatic carbocycles. The highest BCUT2D eigenvalue weighted by Crippen LogP contribution is 2.29. The summed E-state index contributed by atoms with van der Waals surface area (Å²) in [6.07, 6.45) is -0.0727. The number of hydrogen-bond acceptors (Lipinski definition) is 7. The summed E-state index contributed by atoms with van der Waals surface area (Å²) in [6.45, 7) is 0.248. The summed E-state index contributed by atoms with van der Waals surface area (Å²) in [5, 5.41) is 9.95. The lowest BCUT2D eigenvalue weighted by atomic mass is 10.2. The van der Waals surface area contributed by atoms with Crippen molar-refractivity contribution in [2.45, 2.75) is 13.0 Å². The highest BCUT2D eigenvalue weighted by atomic mass is 35.5. The first-order chi connectivity index (χ1) is 15.4. The third kappa shape index (κ3) is 6.43. The van der Waals surface area contributed by atoms with Crippen molar-refractivity contribution in [2.24, 2.45) is 0 Å². The average Bonchev–Trinajstić information content (AvgIpc) is 3.17. The molecule has 168 valence electrons. The van der Waals surface area contributed by atoms with E-state index >= 15 is 0 Å². The largest absolute Gasteiger partial charge is 0.495 e. The Hall–Kier alpha value is -3.14. The van der Waals surface area contributed by atoms with Crippen molar-refractivity contribution in [3.05, 3.63) is 64.2 Å². The number of anilines is 2. The molecule has 11 heteroatoms. The molecule has 0 radical (unpaired) electrons. The second kappa shape index (κ2) is 10.9. The summed E-state index contributed by atoms with van der Waals surface area (Å²) in [4.78, 5) is 30.5. The zero-order valence-electron chi connectivity index (χ0n) is 17.4. The third-order valence-electron chi connectivity index (χ3n) is 4.26. The van der Waals surface area contributed by atoms with Crippen LogP contribution >= 0.6 is 23.2 Å². The SMILES string of the molecule is COc1ccccc1NC(=O)Cc1noc(CN(C)CC(=O)Nc2c(Cl)cccc2Cl)n1. The third-order valence-corrected chi connectivity index (χ3v) is 4.89. The van der Waals surface area contributed by atoms with E-state index in [1.807, 2.05) is 0 Å². The molecular weight excluding hydrogens is 457 g/mol. The van der Waals surface area contributed by atoms with Gasteiger partial charge in [-0.1, -0.05) is 46.6 Å². The van der Waals surface area contributed by atoms with Crippen LogP contribution < -0.4 is 15.4 Å². The highest BCUT2D eigenvalue weighted by Gasteiger charge is 2.16. The van der Waals surface area contributed by atoms with E-state index in [1.54, 1.807) is 54.4 Å². The molecule has 0 unspecified atom stereocenters. The zero-order valence-corrected chi connectivity index (χ0v) is 18.9. The number of carbonyl (C=O) groups is 2. The first kappa shape index (κ1) is 23.5. The monoisotopic (exact) mass is 477 g/mol. The van der Waals surface area contributed by atoms with Gasteiger partial charge in [0, 0.05) is 0 Å². The second-order valence-corrected chi connectivity index (χ2v) is 7.66. The van der Waals surface area contributed by atoms with Crippen LogP contribution in [0.5, 0.6) is 5.75 Å². The Morgan fingerprint density at radius 2 is 1.78 bits per heavy atom. The van der Waals surface area contributed by atoms with Crippen LogP contribution in [0.4, 0.5) is 11.4 Å². The maximum absolute atomic E-state index is 12.3. The molecule has 2 amide bonds. The van der Waals surface area contributed by atoms with Gasteiger partial charge >= 0.3 is 0 Å². The number of likely N-dealkylation sites (N-methyl/N-ethyl adjacent to an activating group) is 1. The lowest BCUT2D eigenvalue weighted by Gasteiger charge is -2.15. The fraction of sp³-hybridized carbons (Fsp3) is 0.238. The van der Waals surface area contributed by atoms with Crippen molar-refractivity contribution in [1.82, 2.24) is 15.0 Å². The summed E-state index contributed by atoms with van der Waals surface area (Å²) in [6, 6.07) is 12.0. The number of carbonyl (C=O) groups excluding carboxylic acids is 2. The predicted molar refractivity (Wildman–Crippen MR) is 121 cm³/mol. The molecular formula is C21H21Cl2N5O4. The highest BCUT2D eigenvalue weighted by molar-refractivity contribution is 6.39. The number of nitrogens with one attached hydrogen (secondary N) is 2. The van der Waals surface area contributed by atoms with Gasteiger partial charge in [-0.15, -0.1) is 0 Å². The molecule has 1 heterocycles. The van der Waals surface area contributed by atoms with Gasteiger partial charge in [-0.05, 0) is 31.3 Å². The molecule has 0 aliphatic heterocycles. The summed E-state index contributed by atoms with van der Waals surface area (Å²) in [7, 11) is 3.24. The van der Waals surface area contributed by atoms with Gasteiger partial charge in [-0.25, -0.2) is 0 Å². The molecule has 3 rings (SSSR count). The Morgan fingerprint density at radius 1 is 1.06 bits per heavy atom. The number of nitrogens with zero attached hydrogens (tertiary/aromatic N) is 3. The van der Waals surface area contributed by atoms with E-state index in [4.69, 9.17) is 32.5 Å². The van der Waals surface area contributed by atoms with Crippen LogP contribution in [0.1, 0.15) is 11.7 Å². The molecule has 0 spiro atoms. The number of amides is 2. The Balaban J connectivity index is 1.51. The van der Waals surface area contributed by atoms with E-state index in [0.29, 0.717) is 27.2 Å². The van der Waals surface area contributed by atoms with Gasteiger partial charge in [-0.3, -0.25) is 14.5 Å². The maximum Gasteiger partial charge on any atom is 0.240 e. The minimum atomic E-state index is -0.314. The van der Waals surface area contributed by atoms with Crippen LogP contribution in [0, 0.1) is 0 Å². The van der Waals surface area contributed by atoms with Gasteiger partial charge in [0.15, 0.2) is 5.82 Å². The molecule has 0 saturated carbocycles. The summed E-state index contributed by atoms with van der Waals surface area (Å²) < 4.78 is 10.4. The number of benzene rings is 2. The molecule has 0 atom stereocenters. The summed E-state index contributed by atoms with van der Waals surface area (Å²) >= 11 is 12.1. The van der Waals surface area contributed by atoms with Crippen LogP contribution in [0.25, 0.3) is 0 Å². The van der Waals surface area contributed by atoms with Crippen molar-refractivity contribution < 1.29 is 18.8 Å². The number of aromatic nitrogens is 2. The number of hydrogen-bond donors (Lipinski definition) is 2. The van der Waals surface area contributed by atoms with Gasteiger partial charge in [0.2, 0.25) is 17.7 Å². The van der Waals surface area contributed by atoms with Crippen molar-refractivity contribution in [2.75, 3.05) is 31.3 Å². The van der Waals surface area contributed by atoms with E-state index in [1.165, 1.54) is 7.11 Å². The van der Waals surface area contributed by atoms with Gasteiger partial charge in [0.05, 0.1) is 48.0 Å². The smallest absolute Gasteiger partial charge is 0.240 e. The second-order valence-electron chi connectivity index (χ2n) is 6.85. The Labute approximate surface area is 194 Å². The van der Waals surface area contributed by atoms with Gasteiger partial charge in [-0.2, -0.15) is 4.98 Å². The van der Waals surface area contributed by atoms with Crippen molar-refractivity contribution in [3.8, 4) is 5.75 Å². The Morgan fingerprint density at radius 3 is 2.50 bits per heavy atom. The molecule has 32 heavy (non-hydrogen) atoms. The van der Waals surface area contributed by atoms with E-state index in [2.05, 4.69) is 20.8 Å². The molecule has 2 N–H and O–H groups in total. The van der Waals surface area contributed by atoms with Gasteiger partial charge in [0.1, 0.15) is 5.75 Å². The number of ether oxygens (including phenoxy) is 1. The molecule has 1 aromatic heterocycles. The number of methoxy groups -OCH3 is 1. The Kier molecular flexibility index (Phi) is 8.04. The number of para-hydroxylation sites is 3. The first-order valence-electron chi connectivity index (χ1n) is 9.52. The summed E-state index contributed by atoms with van der Waals surface area (Å²) in [5.74, 6) is 0.432. The molecule has 2 aromatic carbocycles. The van der Waals surface area contributed by atoms with E-state index in [0.717, 1.165) is 0 Å². The van der Waals surface area contributed by atoms with Crippen molar-refractivity contribution in [1.29, 1.82) is 0 Å². The summed E-state index contributed by atoms with van der Waals surface area (Å²) in [5.41, 5.74) is 0.906. The lowest BCUT2D eigenvalue weighted by Crippen LogP contribution is -2.30. The van der Waals surface area contributed by atoms with E-state index in [9.17, 15) is 9.59 Å². The molecule has 0 bridgehead atoms. The molecule has 9 nitrogen and oxygen atoms in total. The van der Waals surface area contributed by atoms with E-state index < -0.39 is 0 Å². The normalized spacial score (nSPS) is 10.8. The minimum absolute atomic E-state index is 0.0353. The standard InChI is InChI=1S/C21H21Cl2N5O4/c1-28(11-19(30)26-21-13(22)6-5-7-14(21)23)12-20-25-17(27-32-20)10-18(29)24-15-8-3-4-9-16(15)31-2/h3-9H,10-12H2,1-2H3,(H,24,29)(H,26,30). The molecule has 0 saturated heterocycles. The quantitative estimate of drug-likeness (QED) is 0.483. The maximum atomic E-state index is 12.3. The fourth-order valence-electron chi connectivity index (χ4n) is 2.84. The fourth-order valence-corrected chi connectivity index (χ4v) is 3.33. The van der Waals surface area contributed by atoms with Crippen LogP contribution in [-0.4, -0.2) is 47.6 Å². The molecule has 3 aromatic rings. The first-order valence-corrected chi connectivity index (χ1v) is 10.3. The van der Waals surface area contributed by atoms with Crippen LogP contribution in [-0.2, 0) is 22.6 Å². The molecule has 0 fully saturated rings. The predicted octanol–water partition coefficient (Wildman–Crippen LogP) is 3.64. The lowest BCUT2D eigenvalue weighted by molar-refractivity contribution is -0.117. The average molecular weight is 478 g/mol. The van der Waals surface area contributed by atoms with Gasteiger partial charge in [0.25, 0.3) is 0 Å². The number of halogens is 2. The molecule has 0 aliphatic rings. The number of rotatable bonds is 9. The zero-order chi connectivity index (χ0) is 23.1. The van der Waals surface area contributed by atoms with Crippen molar-refractivity contribution in [3.63, 3.8) is 0 Å².